The smallest absolute Gasteiger partial charge is 0.218 e. The Morgan fingerprint density at radius 2 is 2.12 bits per heavy atom. The van der Waals surface area contributed by atoms with Crippen LogP contribution in [0, 0.1) is 6.92 Å². The van der Waals surface area contributed by atoms with Crippen LogP contribution >= 0.6 is 0 Å². The number of aromatic nitrogens is 2. The average molecular weight is 222 g/mol. The van der Waals surface area contributed by atoms with E-state index in [2.05, 4.69) is 20.2 Å². The van der Waals surface area contributed by atoms with Crippen LogP contribution in [0.4, 0.5) is 5.82 Å². The number of anilines is 1. The predicted molar refractivity (Wildman–Crippen MR) is 63.0 cm³/mol. The highest BCUT2D eigenvalue weighted by Gasteiger charge is 2.13. The van der Waals surface area contributed by atoms with E-state index in [1.165, 1.54) is 0 Å². The first-order valence-corrected chi connectivity index (χ1v) is 5.73. The topological polar surface area (TPSA) is 50.3 Å². The minimum Gasteiger partial charge on any atom is -0.478 e. The van der Waals surface area contributed by atoms with E-state index in [0.717, 1.165) is 37.8 Å². The summed E-state index contributed by atoms with van der Waals surface area (Å²) >= 11 is 0. The molecule has 2 heterocycles. The van der Waals surface area contributed by atoms with Crippen LogP contribution in [-0.4, -0.2) is 42.8 Å². The number of rotatable bonds is 3. The van der Waals surface area contributed by atoms with Crippen molar-refractivity contribution in [3.8, 4) is 5.88 Å². The van der Waals surface area contributed by atoms with Crippen LogP contribution < -0.4 is 15.0 Å². The number of hydrogen-bond donors (Lipinski definition) is 1. The van der Waals surface area contributed by atoms with Gasteiger partial charge < -0.3 is 15.0 Å². The van der Waals surface area contributed by atoms with Crippen molar-refractivity contribution in [2.45, 2.75) is 13.8 Å². The van der Waals surface area contributed by atoms with Crippen LogP contribution in [0.5, 0.6) is 5.88 Å². The molecule has 0 bridgehead atoms. The lowest BCUT2D eigenvalue weighted by atomic mass is 10.3. The van der Waals surface area contributed by atoms with Crippen LogP contribution in [0.2, 0.25) is 0 Å². The van der Waals surface area contributed by atoms with Gasteiger partial charge in [0.15, 0.2) is 0 Å². The fourth-order valence-electron chi connectivity index (χ4n) is 1.80. The van der Waals surface area contributed by atoms with Crippen molar-refractivity contribution < 1.29 is 4.74 Å². The molecule has 1 aromatic rings. The standard InChI is InChI=1S/C11H18N4O/c1-3-16-11-8-10(13-9(2)14-11)15-6-4-12-5-7-15/h8,12H,3-7H2,1-2H3. The molecule has 0 spiro atoms. The Hall–Kier alpha value is -1.36. The molecule has 1 aliphatic heterocycles. The minimum absolute atomic E-state index is 0.636. The van der Waals surface area contributed by atoms with E-state index in [0.29, 0.717) is 12.5 Å². The van der Waals surface area contributed by atoms with Crippen molar-refractivity contribution in [2.24, 2.45) is 0 Å². The molecule has 0 radical (unpaired) electrons. The van der Waals surface area contributed by atoms with Crippen molar-refractivity contribution in [1.29, 1.82) is 0 Å². The first-order valence-electron chi connectivity index (χ1n) is 5.73. The monoisotopic (exact) mass is 222 g/mol. The second-order valence-electron chi connectivity index (χ2n) is 3.78. The number of nitrogens with one attached hydrogen (secondary N) is 1. The van der Waals surface area contributed by atoms with E-state index >= 15 is 0 Å². The Morgan fingerprint density at radius 3 is 2.81 bits per heavy atom. The summed E-state index contributed by atoms with van der Waals surface area (Å²) in [6.45, 7) is 8.48. The Labute approximate surface area is 95.8 Å². The maximum Gasteiger partial charge on any atom is 0.218 e. The number of nitrogens with zero attached hydrogens (tertiary/aromatic N) is 3. The molecule has 0 atom stereocenters. The molecule has 0 unspecified atom stereocenters. The number of ether oxygens (including phenoxy) is 1. The number of hydrogen-bond acceptors (Lipinski definition) is 5. The van der Waals surface area contributed by atoms with Gasteiger partial charge in [-0.1, -0.05) is 0 Å². The zero-order valence-electron chi connectivity index (χ0n) is 9.86. The highest BCUT2D eigenvalue weighted by Crippen LogP contribution is 2.17. The summed E-state index contributed by atoms with van der Waals surface area (Å²) in [5, 5.41) is 3.32. The van der Waals surface area contributed by atoms with Gasteiger partial charge in [-0.15, -0.1) is 0 Å². The summed E-state index contributed by atoms with van der Waals surface area (Å²) in [6, 6.07) is 1.92. The maximum absolute atomic E-state index is 5.42. The summed E-state index contributed by atoms with van der Waals surface area (Å²) in [7, 11) is 0. The molecule has 0 amide bonds. The van der Waals surface area contributed by atoms with Crippen molar-refractivity contribution in [1.82, 2.24) is 15.3 Å². The van der Waals surface area contributed by atoms with Crippen LogP contribution in [0.15, 0.2) is 6.07 Å². The van der Waals surface area contributed by atoms with Crippen molar-refractivity contribution >= 4 is 5.82 Å². The fraction of sp³-hybridized carbons (Fsp3) is 0.636. The molecule has 1 aliphatic rings. The van der Waals surface area contributed by atoms with Crippen LogP contribution in [0.25, 0.3) is 0 Å². The zero-order valence-corrected chi connectivity index (χ0v) is 9.86. The quantitative estimate of drug-likeness (QED) is 0.811. The molecule has 0 aromatic carbocycles. The van der Waals surface area contributed by atoms with Gasteiger partial charge >= 0.3 is 0 Å². The maximum atomic E-state index is 5.42. The van der Waals surface area contributed by atoms with Gasteiger partial charge in [-0.3, -0.25) is 0 Å². The summed E-state index contributed by atoms with van der Waals surface area (Å²) in [4.78, 5) is 10.9. The predicted octanol–water partition coefficient (Wildman–Crippen LogP) is 0.593. The molecule has 5 heteroatoms. The normalized spacial score (nSPS) is 16.2. The first kappa shape index (κ1) is 11.1. The van der Waals surface area contributed by atoms with Crippen molar-refractivity contribution in [3.63, 3.8) is 0 Å². The van der Waals surface area contributed by atoms with Crippen molar-refractivity contribution in [2.75, 3.05) is 37.7 Å². The van der Waals surface area contributed by atoms with Gasteiger partial charge in [0.05, 0.1) is 6.61 Å². The average Bonchev–Trinajstić information content (AvgIpc) is 2.30. The second-order valence-corrected chi connectivity index (χ2v) is 3.78. The van der Waals surface area contributed by atoms with E-state index in [1.54, 1.807) is 0 Å². The van der Waals surface area contributed by atoms with Gasteiger partial charge in [-0.25, -0.2) is 4.98 Å². The van der Waals surface area contributed by atoms with Crippen LogP contribution in [0.3, 0.4) is 0 Å². The Bertz CT molecular complexity index is 350. The van der Waals surface area contributed by atoms with E-state index in [4.69, 9.17) is 4.74 Å². The third kappa shape index (κ3) is 2.61. The van der Waals surface area contributed by atoms with E-state index in [-0.39, 0.29) is 0 Å². The zero-order chi connectivity index (χ0) is 11.4. The highest BCUT2D eigenvalue weighted by atomic mass is 16.5. The number of piperazine rings is 1. The minimum atomic E-state index is 0.636. The Balaban J connectivity index is 2.18. The highest BCUT2D eigenvalue weighted by molar-refractivity contribution is 5.42. The van der Waals surface area contributed by atoms with Gasteiger partial charge in [0, 0.05) is 32.2 Å². The van der Waals surface area contributed by atoms with E-state index in [1.807, 2.05) is 19.9 Å². The Kier molecular flexibility index (Phi) is 3.56. The molecular formula is C11H18N4O. The SMILES string of the molecule is CCOc1cc(N2CCNCC2)nc(C)n1. The second kappa shape index (κ2) is 5.12. The molecule has 1 fully saturated rings. The molecule has 1 saturated heterocycles. The molecule has 88 valence electrons. The molecule has 1 N–H and O–H groups in total. The van der Waals surface area contributed by atoms with Gasteiger partial charge in [-0.2, -0.15) is 4.98 Å². The lowest BCUT2D eigenvalue weighted by Gasteiger charge is -2.28. The number of aryl methyl sites for hydroxylation is 1. The van der Waals surface area contributed by atoms with Gasteiger partial charge in [-0.05, 0) is 13.8 Å². The van der Waals surface area contributed by atoms with Crippen LogP contribution in [0.1, 0.15) is 12.7 Å². The summed E-state index contributed by atoms with van der Waals surface area (Å²) in [5.74, 6) is 2.40. The van der Waals surface area contributed by atoms with Crippen LogP contribution in [-0.2, 0) is 0 Å². The fourth-order valence-corrected chi connectivity index (χ4v) is 1.80. The molecule has 0 aliphatic carbocycles. The first-order chi connectivity index (χ1) is 7.79. The molecule has 2 rings (SSSR count). The largest absolute Gasteiger partial charge is 0.478 e. The molecular weight excluding hydrogens is 204 g/mol. The van der Waals surface area contributed by atoms with Gasteiger partial charge in [0.1, 0.15) is 11.6 Å². The summed E-state index contributed by atoms with van der Waals surface area (Å²) in [5.41, 5.74) is 0. The molecule has 1 aromatic heterocycles. The molecule has 16 heavy (non-hydrogen) atoms. The van der Waals surface area contributed by atoms with Gasteiger partial charge in [0.25, 0.3) is 0 Å². The lowest BCUT2D eigenvalue weighted by molar-refractivity contribution is 0.325. The van der Waals surface area contributed by atoms with Gasteiger partial charge in [0.2, 0.25) is 5.88 Å². The lowest BCUT2D eigenvalue weighted by Crippen LogP contribution is -2.44. The Morgan fingerprint density at radius 1 is 1.38 bits per heavy atom. The molecule has 5 nitrogen and oxygen atoms in total. The van der Waals surface area contributed by atoms with E-state index < -0.39 is 0 Å². The summed E-state index contributed by atoms with van der Waals surface area (Å²) < 4.78 is 5.42. The van der Waals surface area contributed by atoms with E-state index in [9.17, 15) is 0 Å². The third-order valence-corrected chi connectivity index (χ3v) is 2.53. The molecule has 0 saturated carbocycles. The third-order valence-electron chi connectivity index (χ3n) is 2.53. The summed E-state index contributed by atoms with van der Waals surface area (Å²) in [6.07, 6.45) is 0. The van der Waals surface area contributed by atoms with Crippen molar-refractivity contribution in [3.05, 3.63) is 11.9 Å².